The van der Waals surface area contributed by atoms with Gasteiger partial charge in [-0.25, -0.2) is 4.79 Å². The van der Waals surface area contributed by atoms with Crippen LogP contribution in [0.1, 0.15) is 48.1 Å². The highest BCUT2D eigenvalue weighted by Crippen LogP contribution is 2.45. The number of likely N-dealkylation sites (tertiary alicyclic amines) is 1. The molecule has 2 aliphatic heterocycles. The Hall–Kier alpha value is -3.07. The second kappa shape index (κ2) is 8.70. The molecule has 2 N–H and O–H groups in total. The molecule has 3 heterocycles. The Morgan fingerprint density at radius 1 is 1.30 bits per heavy atom. The van der Waals surface area contributed by atoms with Crippen LogP contribution in [0.25, 0.3) is 10.9 Å². The summed E-state index contributed by atoms with van der Waals surface area (Å²) >= 11 is 3.54. The maximum absolute atomic E-state index is 13.3. The maximum Gasteiger partial charge on any atom is 0.409 e. The summed E-state index contributed by atoms with van der Waals surface area (Å²) in [4.78, 5) is 27.2. The lowest BCUT2D eigenvalue weighted by Gasteiger charge is -2.46. The molecule has 5 rings (SSSR count). The minimum absolute atomic E-state index is 0.165. The van der Waals surface area contributed by atoms with E-state index in [9.17, 15) is 9.59 Å². The zero-order valence-electron chi connectivity index (χ0n) is 18.3. The predicted molar refractivity (Wildman–Crippen MR) is 126 cm³/mol. The number of carbonyl (C=O) groups excluding carboxylic acids is 2. The molecule has 3 aromatic rings. The number of H-pyrrole nitrogens is 1. The number of fused-ring (bicyclic) bond motifs is 2. The molecule has 0 saturated carbocycles. The Morgan fingerprint density at radius 2 is 2.12 bits per heavy atom. The van der Waals surface area contributed by atoms with E-state index in [0.29, 0.717) is 50.0 Å². The van der Waals surface area contributed by atoms with Gasteiger partial charge in [0.05, 0.1) is 29.9 Å². The molecular formula is C24H25BrN4O4. The van der Waals surface area contributed by atoms with Crippen molar-refractivity contribution in [3.05, 3.63) is 58.2 Å². The van der Waals surface area contributed by atoms with Crippen molar-refractivity contribution in [3.63, 3.8) is 0 Å². The number of piperidine rings is 1. The molecule has 2 amide bonds. The standard InChI is InChI=1S/C24H25BrN4O4/c1-2-32-23(31)29-10-8-24(9-11-29)13-19(18-12-16(25)6-7-20(18)33-24)27-22(30)17-5-3-4-15-14-26-28-21(15)17/h3-7,12,14,19H,2,8-11,13H2,1H3,(H,26,28)(H,27,30)/t19-/m1/s1. The van der Waals surface area contributed by atoms with Gasteiger partial charge in [0.25, 0.3) is 5.91 Å². The smallest absolute Gasteiger partial charge is 0.409 e. The second-order valence-electron chi connectivity index (χ2n) is 8.52. The Kier molecular flexibility index (Phi) is 5.74. The summed E-state index contributed by atoms with van der Waals surface area (Å²) in [6, 6.07) is 11.2. The summed E-state index contributed by atoms with van der Waals surface area (Å²) in [7, 11) is 0. The van der Waals surface area contributed by atoms with Crippen LogP contribution < -0.4 is 10.1 Å². The monoisotopic (exact) mass is 512 g/mol. The van der Waals surface area contributed by atoms with Gasteiger partial charge >= 0.3 is 6.09 Å². The molecule has 0 bridgehead atoms. The number of hydrogen-bond donors (Lipinski definition) is 2. The number of benzene rings is 2. The molecule has 33 heavy (non-hydrogen) atoms. The zero-order chi connectivity index (χ0) is 23.0. The van der Waals surface area contributed by atoms with Gasteiger partial charge in [-0.2, -0.15) is 5.10 Å². The summed E-state index contributed by atoms with van der Waals surface area (Å²) < 4.78 is 12.6. The van der Waals surface area contributed by atoms with Crippen LogP contribution in [-0.2, 0) is 4.74 Å². The minimum atomic E-state index is -0.457. The van der Waals surface area contributed by atoms with E-state index in [1.54, 1.807) is 24.1 Å². The van der Waals surface area contributed by atoms with E-state index in [4.69, 9.17) is 9.47 Å². The molecule has 0 aliphatic carbocycles. The largest absolute Gasteiger partial charge is 0.487 e. The van der Waals surface area contributed by atoms with Crippen LogP contribution >= 0.6 is 15.9 Å². The molecule has 1 atom stereocenters. The molecule has 8 nitrogen and oxygen atoms in total. The molecule has 0 radical (unpaired) electrons. The van der Waals surface area contributed by atoms with E-state index < -0.39 is 5.60 Å². The molecule has 9 heteroatoms. The molecule has 2 aliphatic rings. The van der Waals surface area contributed by atoms with Gasteiger partial charge in [-0.3, -0.25) is 9.89 Å². The van der Waals surface area contributed by atoms with Crippen molar-refractivity contribution in [2.45, 2.75) is 37.8 Å². The van der Waals surface area contributed by atoms with Gasteiger partial charge in [0.2, 0.25) is 0 Å². The van der Waals surface area contributed by atoms with Gasteiger partial charge in [-0.15, -0.1) is 0 Å². The topological polar surface area (TPSA) is 96.5 Å². The number of amides is 2. The average molecular weight is 513 g/mol. The molecule has 1 aromatic heterocycles. The number of ether oxygens (including phenoxy) is 2. The van der Waals surface area contributed by atoms with Gasteiger partial charge in [-0.1, -0.05) is 28.1 Å². The first-order valence-electron chi connectivity index (χ1n) is 11.1. The molecule has 1 spiro atoms. The Morgan fingerprint density at radius 3 is 2.91 bits per heavy atom. The lowest BCUT2D eigenvalue weighted by atomic mass is 9.80. The van der Waals surface area contributed by atoms with Gasteiger partial charge in [0.15, 0.2) is 0 Å². The van der Waals surface area contributed by atoms with Gasteiger partial charge in [-0.05, 0) is 31.2 Å². The van der Waals surface area contributed by atoms with E-state index in [1.807, 2.05) is 30.3 Å². The van der Waals surface area contributed by atoms with Crippen LogP contribution in [0.15, 0.2) is 47.1 Å². The number of halogens is 1. The lowest BCUT2D eigenvalue weighted by Crippen LogP contribution is -2.53. The lowest BCUT2D eigenvalue weighted by molar-refractivity contribution is -0.0233. The first kappa shape index (κ1) is 21.8. The predicted octanol–water partition coefficient (Wildman–Crippen LogP) is 4.57. The molecule has 172 valence electrons. The Balaban J connectivity index is 1.41. The average Bonchev–Trinajstić information content (AvgIpc) is 3.29. The molecule has 2 aromatic carbocycles. The van der Waals surface area contributed by atoms with E-state index in [0.717, 1.165) is 21.2 Å². The first-order chi connectivity index (χ1) is 16.0. The number of aromatic amines is 1. The summed E-state index contributed by atoms with van der Waals surface area (Å²) in [6.07, 6.45) is 3.38. The third kappa shape index (κ3) is 4.17. The van der Waals surface area contributed by atoms with Crippen molar-refractivity contribution >= 4 is 38.8 Å². The van der Waals surface area contributed by atoms with Crippen LogP contribution in [0.2, 0.25) is 0 Å². The van der Waals surface area contributed by atoms with Gasteiger partial charge in [0, 0.05) is 47.8 Å². The molecule has 0 unspecified atom stereocenters. The summed E-state index contributed by atoms with van der Waals surface area (Å²) in [6.45, 7) is 3.27. The Labute approximate surface area is 199 Å². The van der Waals surface area contributed by atoms with Crippen molar-refractivity contribution in [1.29, 1.82) is 0 Å². The summed E-state index contributed by atoms with van der Waals surface area (Å²) in [5, 5.41) is 11.1. The normalized spacial score (nSPS) is 19.1. The fourth-order valence-corrected chi connectivity index (χ4v) is 5.16. The number of para-hydroxylation sites is 1. The van der Waals surface area contributed by atoms with Crippen LogP contribution in [0, 0.1) is 0 Å². The van der Waals surface area contributed by atoms with Crippen molar-refractivity contribution < 1.29 is 19.1 Å². The number of carbonyl (C=O) groups is 2. The molecule has 1 saturated heterocycles. The van der Waals surface area contributed by atoms with Crippen molar-refractivity contribution in [2.24, 2.45) is 0 Å². The highest BCUT2D eigenvalue weighted by Gasteiger charge is 2.44. The van der Waals surface area contributed by atoms with Crippen LogP contribution in [-0.4, -0.2) is 52.4 Å². The SMILES string of the molecule is CCOC(=O)N1CCC2(CC1)C[C@@H](NC(=O)c1cccc3cn[nH]c13)c1cc(Br)ccc1O2. The number of aromatic nitrogens is 2. The second-order valence-corrected chi connectivity index (χ2v) is 9.44. The number of nitrogens with one attached hydrogen (secondary N) is 2. The Bertz CT molecular complexity index is 1200. The summed E-state index contributed by atoms with van der Waals surface area (Å²) in [5.41, 5.74) is 1.75. The highest BCUT2D eigenvalue weighted by atomic mass is 79.9. The van der Waals surface area contributed by atoms with E-state index in [-0.39, 0.29) is 18.0 Å². The van der Waals surface area contributed by atoms with Crippen LogP contribution in [0.3, 0.4) is 0 Å². The zero-order valence-corrected chi connectivity index (χ0v) is 19.9. The van der Waals surface area contributed by atoms with Crippen molar-refractivity contribution in [3.8, 4) is 5.75 Å². The van der Waals surface area contributed by atoms with E-state index >= 15 is 0 Å². The fraction of sp³-hybridized carbons (Fsp3) is 0.375. The number of rotatable bonds is 3. The quantitative estimate of drug-likeness (QED) is 0.535. The van der Waals surface area contributed by atoms with Gasteiger partial charge < -0.3 is 19.7 Å². The van der Waals surface area contributed by atoms with Crippen LogP contribution in [0.4, 0.5) is 4.79 Å². The van der Waals surface area contributed by atoms with Gasteiger partial charge in [0.1, 0.15) is 11.4 Å². The number of hydrogen-bond acceptors (Lipinski definition) is 5. The first-order valence-corrected chi connectivity index (χ1v) is 11.9. The summed E-state index contributed by atoms with van der Waals surface area (Å²) in [5.74, 6) is 0.598. The van der Waals surface area contributed by atoms with E-state index in [2.05, 4.69) is 31.4 Å². The third-order valence-corrected chi connectivity index (χ3v) is 6.97. The fourth-order valence-electron chi connectivity index (χ4n) is 4.78. The molecule has 1 fully saturated rings. The van der Waals surface area contributed by atoms with Crippen molar-refractivity contribution in [1.82, 2.24) is 20.4 Å². The minimum Gasteiger partial charge on any atom is -0.487 e. The molecular weight excluding hydrogens is 488 g/mol. The van der Waals surface area contributed by atoms with Crippen LogP contribution in [0.5, 0.6) is 5.75 Å². The number of nitrogens with zero attached hydrogens (tertiary/aromatic N) is 2. The third-order valence-electron chi connectivity index (χ3n) is 6.48. The van der Waals surface area contributed by atoms with E-state index in [1.165, 1.54) is 0 Å². The van der Waals surface area contributed by atoms with Crippen molar-refractivity contribution in [2.75, 3.05) is 19.7 Å². The maximum atomic E-state index is 13.3. The highest BCUT2D eigenvalue weighted by molar-refractivity contribution is 9.10.